The van der Waals surface area contributed by atoms with E-state index in [0.717, 1.165) is 12.1 Å². The first-order chi connectivity index (χ1) is 8.91. The lowest BCUT2D eigenvalue weighted by Gasteiger charge is -2.08. The highest BCUT2D eigenvalue weighted by Gasteiger charge is 2.30. The van der Waals surface area contributed by atoms with E-state index in [1.54, 1.807) is 18.5 Å². The van der Waals surface area contributed by atoms with Crippen molar-refractivity contribution in [2.45, 2.75) is 26.2 Å². The zero-order valence-electron chi connectivity index (χ0n) is 10.3. The van der Waals surface area contributed by atoms with Gasteiger partial charge in [0.05, 0.1) is 12.1 Å². The number of halogens is 3. The molecule has 0 aliphatic carbocycles. The molecule has 0 radical (unpaired) electrons. The molecule has 0 amide bonds. The van der Waals surface area contributed by atoms with E-state index in [1.165, 1.54) is 15.2 Å². The first kappa shape index (κ1) is 13.5. The first-order valence-corrected chi connectivity index (χ1v) is 5.83. The Morgan fingerprint density at radius 3 is 2.42 bits per heavy atom. The molecule has 0 N–H and O–H groups in total. The zero-order chi connectivity index (χ0) is 14.0. The first-order valence-electron chi connectivity index (χ1n) is 5.83. The minimum Gasteiger partial charge on any atom is -0.300 e. The molecule has 1 aromatic heterocycles. The van der Waals surface area contributed by atoms with Crippen LogP contribution in [-0.4, -0.2) is 9.13 Å². The van der Waals surface area contributed by atoms with Crippen LogP contribution in [-0.2, 0) is 19.3 Å². The molecule has 2 aromatic rings. The van der Waals surface area contributed by atoms with Crippen molar-refractivity contribution < 1.29 is 13.2 Å². The van der Waals surface area contributed by atoms with Gasteiger partial charge < -0.3 is 0 Å². The minimum atomic E-state index is -4.36. The highest BCUT2D eigenvalue weighted by atomic mass is 19.4. The molecule has 1 heterocycles. The third kappa shape index (κ3) is 2.89. The fourth-order valence-electron chi connectivity index (χ4n) is 1.86. The third-order valence-electron chi connectivity index (χ3n) is 2.87. The van der Waals surface area contributed by atoms with Crippen LogP contribution in [0.15, 0.2) is 41.5 Å². The van der Waals surface area contributed by atoms with Crippen molar-refractivity contribution >= 4 is 0 Å². The highest BCUT2D eigenvalue weighted by Crippen LogP contribution is 2.29. The SMILES string of the molecule is CCn1ccn(Cc2cccc(C(F)(F)F)c2)c1=O. The highest BCUT2D eigenvalue weighted by molar-refractivity contribution is 5.25. The number of imidazole rings is 1. The van der Waals surface area contributed by atoms with E-state index < -0.39 is 11.7 Å². The molecule has 0 fully saturated rings. The molecule has 0 bridgehead atoms. The van der Waals surface area contributed by atoms with E-state index in [0.29, 0.717) is 12.1 Å². The summed E-state index contributed by atoms with van der Waals surface area (Å²) >= 11 is 0. The van der Waals surface area contributed by atoms with Crippen molar-refractivity contribution in [2.75, 3.05) is 0 Å². The summed E-state index contributed by atoms with van der Waals surface area (Å²) < 4.78 is 40.6. The maximum atomic E-state index is 12.6. The summed E-state index contributed by atoms with van der Waals surface area (Å²) in [4.78, 5) is 11.8. The number of alkyl halides is 3. The Morgan fingerprint density at radius 1 is 1.16 bits per heavy atom. The van der Waals surface area contributed by atoms with Crippen molar-refractivity contribution in [1.29, 1.82) is 0 Å². The van der Waals surface area contributed by atoms with Gasteiger partial charge in [-0.2, -0.15) is 13.2 Å². The Bertz CT molecular complexity index is 625. The number of aryl methyl sites for hydroxylation is 1. The fraction of sp³-hybridized carbons (Fsp3) is 0.308. The normalized spacial score (nSPS) is 11.8. The van der Waals surface area contributed by atoms with Crippen molar-refractivity contribution in [3.63, 3.8) is 0 Å². The van der Waals surface area contributed by atoms with Crippen molar-refractivity contribution in [2.24, 2.45) is 0 Å². The summed E-state index contributed by atoms with van der Waals surface area (Å²) in [6.45, 7) is 2.50. The van der Waals surface area contributed by atoms with Crippen LogP contribution < -0.4 is 5.69 Å². The van der Waals surface area contributed by atoms with E-state index >= 15 is 0 Å². The van der Waals surface area contributed by atoms with Crippen LogP contribution in [0.25, 0.3) is 0 Å². The van der Waals surface area contributed by atoms with Crippen molar-refractivity contribution in [1.82, 2.24) is 9.13 Å². The van der Waals surface area contributed by atoms with E-state index in [-0.39, 0.29) is 12.2 Å². The molecule has 1 aromatic carbocycles. The summed E-state index contributed by atoms with van der Waals surface area (Å²) in [5.41, 5.74) is -0.473. The predicted octanol–water partition coefficient (Wildman–Crippen LogP) is 2.74. The van der Waals surface area contributed by atoms with Crippen LogP contribution in [0.4, 0.5) is 13.2 Å². The van der Waals surface area contributed by atoms with Gasteiger partial charge in [0.2, 0.25) is 0 Å². The maximum Gasteiger partial charge on any atom is 0.416 e. The summed E-state index contributed by atoms with van der Waals surface area (Å²) in [6.07, 6.45) is -1.17. The van der Waals surface area contributed by atoms with E-state index in [2.05, 4.69) is 0 Å². The lowest BCUT2D eigenvalue weighted by atomic mass is 10.1. The van der Waals surface area contributed by atoms with Gasteiger partial charge >= 0.3 is 11.9 Å². The van der Waals surface area contributed by atoms with Gasteiger partial charge in [-0.3, -0.25) is 9.13 Å². The second kappa shape index (κ2) is 4.95. The second-order valence-electron chi connectivity index (χ2n) is 4.19. The predicted molar refractivity (Wildman–Crippen MR) is 64.9 cm³/mol. The smallest absolute Gasteiger partial charge is 0.300 e. The van der Waals surface area contributed by atoms with Crippen molar-refractivity contribution in [3.05, 3.63) is 58.3 Å². The van der Waals surface area contributed by atoms with Crippen LogP contribution in [0.2, 0.25) is 0 Å². The molecule has 0 spiro atoms. The molecule has 0 aliphatic rings. The van der Waals surface area contributed by atoms with Gasteiger partial charge in [0.15, 0.2) is 0 Å². The quantitative estimate of drug-likeness (QED) is 0.842. The van der Waals surface area contributed by atoms with Gasteiger partial charge in [-0.25, -0.2) is 4.79 Å². The Balaban J connectivity index is 2.29. The fourth-order valence-corrected chi connectivity index (χ4v) is 1.86. The molecule has 0 atom stereocenters. The largest absolute Gasteiger partial charge is 0.416 e. The van der Waals surface area contributed by atoms with Gasteiger partial charge in [-0.1, -0.05) is 12.1 Å². The number of hydrogen-bond donors (Lipinski definition) is 0. The molecule has 19 heavy (non-hydrogen) atoms. The van der Waals surface area contributed by atoms with Gasteiger partial charge in [0, 0.05) is 18.9 Å². The molecule has 0 saturated carbocycles. The molecular weight excluding hydrogens is 257 g/mol. The number of hydrogen-bond acceptors (Lipinski definition) is 1. The summed E-state index contributed by atoms with van der Waals surface area (Å²) in [6, 6.07) is 5.00. The van der Waals surface area contributed by atoms with Crippen LogP contribution in [0, 0.1) is 0 Å². The van der Waals surface area contributed by atoms with E-state index in [9.17, 15) is 18.0 Å². The maximum absolute atomic E-state index is 12.6. The average molecular weight is 270 g/mol. The number of benzene rings is 1. The monoisotopic (exact) mass is 270 g/mol. The Hall–Kier alpha value is -1.98. The van der Waals surface area contributed by atoms with Crippen LogP contribution >= 0.6 is 0 Å². The van der Waals surface area contributed by atoms with Crippen LogP contribution in [0.5, 0.6) is 0 Å². The van der Waals surface area contributed by atoms with Gasteiger partial charge in [0.25, 0.3) is 0 Å². The van der Waals surface area contributed by atoms with Crippen LogP contribution in [0.3, 0.4) is 0 Å². The lowest BCUT2D eigenvalue weighted by molar-refractivity contribution is -0.137. The average Bonchev–Trinajstić information content (AvgIpc) is 2.70. The van der Waals surface area contributed by atoms with Gasteiger partial charge in [0.1, 0.15) is 0 Å². The standard InChI is InChI=1S/C13H13F3N2O/c1-2-17-6-7-18(12(17)19)9-10-4-3-5-11(8-10)13(14,15)16/h3-8H,2,9H2,1H3. The van der Waals surface area contributed by atoms with Crippen molar-refractivity contribution in [3.8, 4) is 0 Å². The molecule has 102 valence electrons. The third-order valence-corrected chi connectivity index (χ3v) is 2.87. The Kier molecular flexibility index (Phi) is 3.50. The molecule has 6 heteroatoms. The molecule has 3 nitrogen and oxygen atoms in total. The van der Waals surface area contributed by atoms with Gasteiger partial charge in [-0.05, 0) is 24.6 Å². The summed E-state index contributed by atoms with van der Waals surface area (Å²) in [5.74, 6) is 0. The Morgan fingerprint density at radius 2 is 1.84 bits per heavy atom. The molecule has 0 saturated heterocycles. The molecular formula is C13H13F3N2O. The topological polar surface area (TPSA) is 26.9 Å². The minimum absolute atomic E-state index is 0.135. The number of rotatable bonds is 3. The van der Waals surface area contributed by atoms with E-state index in [4.69, 9.17) is 0 Å². The summed E-state index contributed by atoms with van der Waals surface area (Å²) in [5, 5.41) is 0. The molecule has 0 unspecified atom stereocenters. The molecule has 2 rings (SSSR count). The Labute approximate surface area is 107 Å². The van der Waals surface area contributed by atoms with E-state index in [1.807, 2.05) is 6.92 Å². The van der Waals surface area contributed by atoms with Crippen LogP contribution in [0.1, 0.15) is 18.1 Å². The number of nitrogens with zero attached hydrogens (tertiary/aromatic N) is 2. The second-order valence-corrected chi connectivity index (χ2v) is 4.19. The summed E-state index contributed by atoms with van der Waals surface area (Å²) in [7, 11) is 0. The van der Waals surface area contributed by atoms with Gasteiger partial charge in [-0.15, -0.1) is 0 Å². The lowest BCUT2D eigenvalue weighted by Crippen LogP contribution is -2.23. The zero-order valence-corrected chi connectivity index (χ0v) is 10.3. The number of aromatic nitrogens is 2. The molecule has 0 aliphatic heterocycles.